The molecule has 0 heteroatoms. The topological polar surface area (TPSA) is 0 Å². The number of hydrogen-bond donors (Lipinski definition) is 0. The van der Waals surface area contributed by atoms with Crippen LogP contribution in [0.15, 0.2) is 87.0 Å². The molecule has 0 unspecified atom stereocenters. The van der Waals surface area contributed by atoms with Crippen molar-refractivity contribution >= 4 is 34.1 Å². The Labute approximate surface area is 157 Å². The summed E-state index contributed by atoms with van der Waals surface area (Å²) < 4.78 is 0. The maximum atomic E-state index is 4.09. The molecule has 130 valence electrons. The molecule has 0 nitrogen and oxygen atoms in total. The van der Waals surface area contributed by atoms with Crippen LogP contribution in [0.3, 0.4) is 0 Å². The summed E-state index contributed by atoms with van der Waals surface area (Å²) in [6.07, 6.45) is 15.8. The summed E-state index contributed by atoms with van der Waals surface area (Å²) in [6.45, 7) is 20.1. The smallest absolute Gasteiger partial charge is 0.00268 e. The summed E-state index contributed by atoms with van der Waals surface area (Å²) in [7, 11) is 0. The maximum Gasteiger partial charge on any atom is -0.00268 e. The molecule has 0 amide bonds. The first-order valence-electron chi connectivity index (χ1n) is 8.76. The van der Waals surface area contributed by atoms with Crippen molar-refractivity contribution in [3.8, 4) is 0 Å². The van der Waals surface area contributed by atoms with E-state index in [1.807, 2.05) is 31.2 Å². The van der Waals surface area contributed by atoms with E-state index in [-0.39, 0.29) is 0 Å². The van der Waals surface area contributed by atoms with Crippen LogP contribution in [0.2, 0.25) is 0 Å². The molecule has 0 saturated heterocycles. The average Bonchev–Trinajstić information content (AvgIpc) is 2.68. The van der Waals surface area contributed by atoms with Crippen molar-refractivity contribution in [1.29, 1.82) is 0 Å². The molecule has 0 aliphatic carbocycles. The quantitative estimate of drug-likeness (QED) is 0.451. The standard InChI is InChI=1S/C26H26/c1-7-15-19(9-3)25-21(11-5)22(12-6)26(20(10-4)16-8-2)24-18-14-13-17-23(24)25/h7-18H,1,3,5-6H2,2,4H3/b16-8-,19-15+,20-10+. The zero-order valence-corrected chi connectivity index (χ0v) is 15.8. The third kappa shape index (κ3) is 3.32. The number of hydrogen-bond acceptors (Lipinski definition) is 0. The van der Waals surface area contributed by atoms with Crippen molar-refractivity contribution in [2.75, 3.05) is 0 Å². The Morgan fingerprint density at radius 2 is 1.35 bits per heavy atom. The Morgan fingerprint density at radius 1 is 0.808 bits per heavy atom. The van der Waals surface area contributed by atoms with Gasteiger partial charge in [0.25, 0.3) is 0 Å². The van der Waals surface area contributed by atoms with Crippen LogP contribution in [-0.2, 0) is 0 Å². The van der Waals surface area contributed by atoms with Crippen molar-refractivity contribution in [1.82, 2.24) is 0 Å². The van der Waals surface area contributed by atoms with Crippen molar-refractivity contribution in [3.05, 3.63) is 109 Å². The van der Waals surface area contributed by atoms with Gasteiger partial charge in [0.05, 0.1) is 0 Å². The van der Waals surface area contributed by atoms with E-state index in [9.17, 15) is 0 Å². The van der Waals surface area contributed by atoms with Gasteiger partial charge in [-0.15, -0.1) is 0 Å². The van der Waals surface area contributed by atoms with Crippen molar-refractivity contribution in [2.24, 2.45) is 0 Å². The van der Waals surface area contributed by atoms with Gasteiger partial charge in [-0.25, -0.2) is 0 Å². The monoisotopic (exact) mass is 338 g/mol. The molecular weight excluding hydrogens is 312 g/mol. The molecule has 0 bridgehead atoms. The normalized spacial score (nSPS) is 12.4. The van der Waals surface area contributed by atoms with Gasteiger partial charge in [0, 0.05) is 0 Å². The zero-order valence-electron chi connectivity index (χ0n) is 15.8. The van der Waals surface area contributed by atoms with E-state index in [1.165, 1.54) is 21.9 Å². The lowest BCUT2D eigenvalue weighted by atomic mass is 9.83. The second-order valence-corrected chi connectivity index (χ2v) is 5.84. The van der Waals surface area contributed by atoms with Crippen LogP contribution >= 0.6 is 0 Å². The molecular formula is C26H26. The first-order chi connectivity index (χ1) is 12.7. The van der Waals surface area contributed by atoms with Gasteiger partial charge in [-0.2, -0.15) is 0 Å². The Balaban J connectivity index is 3.18. The highest BCUT2D eigenvalue weighted by molar-refractivity contribution is 6.08. The van der Waals surface area contributed by atoms with Crippen LogP contribution in [0.4, 0.5) is 0 Å². The highest BCUT2D eigenvalue weighted by Crippen LogP contribution is 2.40. The van der Waals surface area contributed by atoms with E-state index in [0.717, 1.165) is 22.3 Å². The Bertz CT molecular complexity index is 959. The Hall–Kier alpha value is -3.12. The van der Waals surface area contributed by atoms with E-state index in [1.54, 1.807) is 6.08 Å². The van der Waals surface area contributed by atoms with Gasteiger partial charge >= 0.3 is 0 Å². The van der Waals surface area contributed by atoms with E-state index >= 15 is 0 Å². The molecule has 2 rings (SSSR count). The van der Waals surface area contributed by atoms with Crippen molar-refractivity contribution in [3.63, 3.8) is 0 Å². The summed E-state index contributed by atoms with van der Waals surface area (Å²) in [5, 5.41) is 2.35. The second kappa shape index (κ2) is 8.82. The Kier molecular flexibility index (Phi) is 6.52. The van der Waals surface area contributed by atoms with Gasteiger partial charge in [-0.1, -0.05) is 99.2 Å². The third-order valence-corrected chi connectivity index (χ3v) is 4.45. The largest absolute Gasteiger partial charge is 0.0990 e. The zero-order chi connectivity index (χ0) is 19.1. The third-order valence-electron chi connectivity index (χ3n) is 4.45. The lowest BCUT2D eigenvalue weighted by Crippen LogP contribution is -1.99. The van der Waals surface area contributed by atoms with E-state index in [4.69, 9.17) is 0 Å². The fraction of sp³-hybridized carbons (Fsp3) is 0.0769. The molecule has 2 aromatic carbocycles. The van der Waals surface area contributed by atoms with Gasteiger partial charge in [0.2, 0.25) is 0 Å². The molecule has 26 heavy (non-hydrogen) atoms. The molecule has 0 N–H and O–H groups in total. The van der Waals surface area contributed by atoms with Crippen LogP contribution in [0.5, 0.6) is 0 Å². The minimum absolute atomic E-state index is 1.02. The van der Waals surface area contributed by atoms with E-state index in [0.29, 0.717) is 0 Å². The molecule has 0 saturated carbocycles. The van der Waals surface area contributed by atoms with E-state index < -0.39 is 0 Å². The first-order valence-corrected chi connectivity index (χ1v) is 8.76. The molecule has 0 aliphatic heterocycles. The Morgan fingerprint density at radius 3 is 1.73 bits per heavy atom. The van der Waals surface area contributed by atoms with Crippen LogP contribution in [0.25, 0.3) is 34.1 Å². The predicted octanol–water partition coefficient (Wildman–Crippen LogP) is 7.86. The van der Waals surface area contributed by atoms with Gasteiger partial charge in [0.1, 0.15) is 0 Å². The highest BCUT2D eigenvalue weighted by atomic mass is 14.2. The van der Waals surface area contributed by atoms with Gasteiger partial charge in [-0.05, 0) is 58.0 Å². The lowest BCUT2D eigenvalue weighted by molar-refractivity contribution is 1.54. The second-order valence-electron chi connectivity index (χ2n) is 5.84. The van der Waals surface area contributed by atoms with Gasteiger partial charge in [0.15, 0.2) is 0 Å². The molecule has 2 aromatic rings. The van der Waals surface area contributed by atoms with Crippen LogP contribution in [0.1, 0.15) is 36.1 Å². The average molecular weight is 338 g/mol. The minimum atomic E-state index is 1.02. The molecule has 0 spiro atoms. The van der Waals surface area contributed by atoms with Crippen LogP contribution in [-0.4, -0.2) is 0 Å². The summed E-state index contributed by atoms with van der Waals surface area (Å²) in [6, 6.07) is 8.45. The predicted molar refractivity (Wildman–Crippen MR) is 121 cm³/mol. The summed E-state index contributed by atoms with van der Waals surface area (Å²) in [5.41, 5.74) is 6.62. The van der Waals surface area contributed by atoms with Crippen LogP contribution < -0.4 is 0 Å². The first kappa shape index (κ1) is 19.2. The summed E-state index contributed by atoms with van der Waals surface area (Å²) >= 11 is 0. The molecule has 0 radical (unpaired) electrons. The molecule has 0 fully saturated rings. The fourth-order valence-corrected chi connectivity index (χ4v) is 3.41. The number of allylic oxidation sites excluding steroid dienone is 8. The number of benzene rings is 2. The molecule has 0 aromatic heterocycles. The fourth-order valence-electron chi connectivity index (χ4n) is 3.41. The van der Waals surface area contributed by atoms with E-state index in [2.05, 4.69) is 75.7 Å². The van der Waals surface area contributed by atoms with Gasteiger partial charge < -0.3 is 0 Å². The van der Waals surface area contributed by atoms with Crippen molar-refractivity contribution < 1.29 is 0 Å². The molecule has 0 atom stereocenters. The number of fused-ring (bicyclic) bond motifs is 1. The lowest BCUT2D eigenvalue weighted by Gasteiger charge is -2.20. The SMILES string of the molecule is C=C/C=C(\C=C)c1c(C=C)c(C=C)c(C(/C=C\C)=C/C)c2ccccc12. The summed E-state index contributed by atoms with van der Waals surface area (Å²) in [5.74, 6) is 0. The minimum Gasteiger partial charge on any atom is -0.0990 e. The number of rotatable bonds is 7. The highest BCUT2D eigenvalue weighted by Gasteiger charge is 2.18. The van der Waals surface area contributed by atoms with Gasteiger partial charge in [-0.3, -0.25) is 0 Å². The van der Waals surface area contributed by atoms with Crippen molar-refractivity contribution in [2.45, 2.75) is 13.8 Å². The van der Waals surface area contributed by atoms with Crippen LogP contribution in [0, 0.1) is 0 Å². The molecule has 0 heterocycles. The summed E-state index contributed by atoms with van der Waals surface area (Å²) in [4.78, 5) is 0. The maximum absolute atomic E-state index is 4.09. The molecule has 0 aliphatic rings.